The van der Waals surface area contributed by atoms with E-state index >= 15 is 0 Å². The highest BCUT2D eigenvalue weighted by atomic mass is 35.5. The molecule has 2 heterocycles. The summed E-state index contributed by atoms with van der Waals surface area (Å²) in [4.78, 5) is 14.7. The summed E-state index contributed by atoms with van der Waals surface area (Å²) in [5, 5.41) is 4.32. The zero-order valence-corrected chi connectivity index (χ0v) is 13.9. The van der Waals surface area contributed by atoms with Crippen LogP contribution < -0.4 is 5.73 Å². The maximum atomic E-state index is 12.8. The first-order valence-electron chi connectivity index (χ1n) is 7.03. The Morgan fingerprint density at radius 1 is 1.48 bits per heavy atom. The monoisotopic (exact) mass is 316 g/mol. The number of hydrogen-bond donors (Lipinski definition) is 1. The van der Waals surface area contributed by atoms with Gasteiger partial charge in [-0.2, -0.15) is 5.10 Å². The van der Waals surface area contributed by atoms with Crippen molar-refractivity contribution in [1.29, 1.82) is 0 Å². The van der Waals surface area contributed by atoms with Gasteiger partial charge in [-0.05, 0) is 26.7 Å². The van der Waals surface area contributed by atoms with Gasteiger partial charge in [-0.25, -0.2) is 0 Å². The Kier molecular flexibility index (Phi) is 6.19. The van der Waals surface area contributed by atoms with E-state index < -0.39 is 0 Å². The van der Waals surface area contributed by atoms with Gasteiger partial charge in [-0.3, -0.25) is 9.48 Å². The maximum absolute atomic E-state index is 12.8. The third-order valence-corrected chi connectivity index (χ3v) is 4.26. The van der Waals surface area contributed by atoms with Gasteiger partial charge in [-0.15, -0.1) is 12.4 Å². The van der Waals surface area contributed by atoms with Gasteiger partial charge in [0.2, 0.25) is 0 Å². The van der Waals surface area contributed by atoms with Gasteiger partial charge in [0.15, 0.2) is 0 Å². The van der Waals surface area contributed by atoms with E-state index in [1.54, 1.807) is 11.8 Å². The first-order valence-corrected chi connectivity index (χ1v) is 7.03. The topological polar surface area (TPSA) is 73.4 Å². The Labute approximate surface area is 132 Å². The molecule has 1 aromatic heterocycles. The highest BCUT2D eigenvalue weighted by Gasteiger charge is 2.33. The number of aryl methyl sites for hydroxylation is 2. The summed E-state index contributed by atoms with van der Waals surface area (Å²) >= 11 is 0. The molecule has 2 unspecified atom stereocenters. The fraction of sp³-hybridized carbons (Fsp3) is 0.714. The Balaban J connectivity index is 0.00000220. The molecule has 0 aliphatic carbocycles. The third-order valence-electron chi connectivity index (χ3n) is 4.26. The van der Waals surface area contributed by atoms with E-state index in [0.29, 0.717) is 18.7 Å². The van der Waals surface area contributed by atoms with Crippen LogP contribution in [-0.2, 0) is 11.8 Å². The van der Waals surface area contributed by atoms with Crippen LogP contribution in [0, 0.1) is 13.8 Å². The van der Waals surface area contributed by atoms with Crippen LogP contribution in [-0.4, -0.2) is 52.9 Å². The molecule has 2 rings (SSSR count). The number of nitrogens with two attached hydrogens (primary N) is 1. The van der Waals surface area contributed by atoms with E-state index in [1.165, 1.54) is 0 Å². The van der Waals surface area contributed by atoms with E-state index in [2.05, 4.69) is 5.10 Å². The molecule has 2 atom stereocenters. The van der Waals surface area contributed by atoms with E-state index in [4.69, 9.17) is 10.5 Å². The summed E-state index contributed by atoms with van der Waals surface area (Å²) in [6.07, 6.45) is 1.86. The Morgan fingerprint density at radius 2 is 2.14 bits per heavy atom. The molecule has 1 amide bonds. The largest absolute Gasteiger partial charge is 0.381 e. The average Bonchev–Trinajstić information content (AvgIpc) is 2.70. The molecule has 120 valence electrons. The number of halogens is 1. The van der Waals surface area contributed by atoms with Crippen LogP contribution in [0.3, 0.4) is 0 Å². The fourth-order valence-corrected chi connectivity index (χ4v) is 2.95. The van der Waals surface area contributed by atoms with Gasteiger partial charge in [0.1, 0.15) is 0 Å². The number of carbonyl (C=O) groups excluding carboxylic acids is 1. The average molecular weight is 317 g/mol. The van der Waals surface area contributed by atoms with Crippen molar-refractivity contribution >= 4 is 18.3 Å². The zero-order valence-electron chi connectivity index (χ0n) is 13.1. The summed E-state index contributed by atoms with van der Waals surface area (Å²) in [7, 11) is 3.57. The molecule has 6 nitrogen and oxygen atoms in total. The predicted octanol–water partition coefficient (Wildman–Crippen LogP) is 1.04. The number of piperidine rings is 1. The maximum Gasteiger partial charge on any atom is 0.257 e. The molecule has 1 saturated heterocycles. The number of nitrogens with zero attached hydrogens (tertiary/aromatic N) is 3. The van der Waals surface area contributed by atoms with Crippen LogP contribution in [0.15, 0.2) is 0 Å². The number of aromatic nitrogens is 2. The van der Waals surface area contributed by atoms with Crippen LogP contribution in [0.2, 0.25) is 0 Å². The van der Waals surface area contributed by atoms with Gasteiger partial charge >= 0.3 is 0 Å². The zero-order chi connectivity index (χ0) is 14.9. The van der Waals surface area contributed by atoms with Gasteiger partial charge in [0, 0.05) is 39.0 Å². The second-order valence-electron chi connectivity index (χ2n) is 5.44. The lowest BCUT2D eigenvalue weighted by atomic mass is 9.98. The number of ether oxygens (including phenoxy) is 1. The molecule has 21 heavy (non-hydrogen) atoms. The van der Waals surface area contributed by atoms with Crippen LogP contribution in [0.4, 0.5) is 0 Å². The number of likely N-dealkylation sites (tertiary alicyclic amines) is 1. The summed E-state index contributed by atoms with van der Waals surface area (Å²) in [5.74, 6) is 0.0399. The van der Waals surface area contributed by atoms with Gasteiger partial charge in [0.05, 0.1) is 17.4 Å². The summed E-state index contributed by atoms with van der Waals surface area (Å²) < 4.78 is 7.15. The second kappa shape index (κ2) is 7.24. The van der Waals surface area contributed by atoms with Crippen LogP contribution in [0.1, 0.15) is 34.6 Å². The molecule has 1 fully saturated rings. The SMILES string of the molecule is COC1CCN(C(=O)c2c(C)nn(C)c2C)C(CN)C1.Cl. The van der Waals surface area contributed by atoms with Crippen LogP contribution in [0.25, 0.3) is 0 Å². The smallest absolute Gasteiger partial charge is 0.257 e. The molecule has 2 N–H and O–H groups in total. The number of amides is 1. The number of methoxy groups -OCH3 is 1. The normalized spacial score (nSPS) is 22.0. The second-order valence-corrected chi connectivity index (χ2v) is 5.44. The van der Waals surface area contributed by atoms with E-state index in [-0.39, 0.29) is 30.5 Å². The molecule has 1 aliphatic heterocycles. The van der Waals surface area contributed by atoms with E-state index in [1.807, 2.05) is 25.8 Å². The van der Waals surface area contributed by atoms with Crippen molar-refractivity contribution < 1.29 is 9.53 Å². The molecule has 0 saturated carbocycles. The molecule has 0 radical (unpaired) electrons. The Hall–Kier alpha value is -1.11. The van der Waals surface area contributed by atoms with E-state index in [9.17, 15) is 4.79 Å². The number of hydrogen-bond acceptors (Lipinski definition) is 4. The van der Waals surface area contributed by atoms with Crippen molar-refractivity contribution in [3.8, 4) is 0 Å². The highest BCUT2D eigenvalue weighted by Crippen LogP contribution is 2.23. The minimum absolute atomic E-state index is 0. The summed E-state index contributed by atoms with van der Waals surface area (Å²) in [5.41, 5.74) is 8.23. The molecular weight excluding hydrogens is 292 g/mol. The minimum Gasteiger partial charge on any atom is -0.381 e. The molecule has 0 bridgehead atoms. The fourth-order valence-electron chi connectivity index (χ4n) is 2.95. The van der Waals surface area contributed by atoms with Gasteiger partial charge in [-0.1, -0.05) is 0 Å². The molecule has 1 aliphatic rings. The molecule has 0 aromatic carbocycles. The Morgan fingerprint density at radius 3 is 2.62 bits per heavy atom. The molecule has 0 spiro atoms. The van der Waals surface area contributed by atoms with Gasteiger partial charge < -0.3 is 15.4 Å². The van der Waals surface area contributed by atoms with Crippen molar-refractivity contribution in [2.45, 2.75) is 38.8 Å². The van der Waals surface area contributed by atoms with E-state index in [0.717, 1.165) is 24.2 Å². The lowest BCUT2D eigenvalue weighted by molar-refractivity contribution is 0.0138. The van der Waals surface area contributed by atoms with Crippen molar-refractivity contribution in [3.05, 3.63) is 17.0 Å². The quantitative estimate of drug-likeness (QED) is 0.904. The summed E-state index contributed by atoms with van der Waals surface area (Å²) in [6, 6.07) is 0.0419. The molecule has 7 heteroatoms. The lowest BCUT2D eigenvalue weighted by Crippen LogP contribution is -2.51. The predicted molar refractivity (Wildman–Crippen MR) is 83.8 cm³/mol. The minimum atomic E-state index is 0. The van der Waals surface area contributed by atoms with Crippen LogP contribution >= 0.6 is 12.4 Å². The van der Waals surface area contributed by atoms with Crippen molar-refractivity contribution in [3.63, 3.8) is 0 Å². The number of rotatable bonds is 3. The first kappa shape index (κ1) is 17.9. The first-order chi connectivity index (χ1) is 9.49. The molecular formula is C14H25ClN4O2. The summed E-state index contributed by atoms with van der Waals surface area (Å²) in [6.45, 7) is 4.95. The standard InChI is InChI=1S/C14H24N4O2.ClH/c1-9-13(10(2)17(3)16-9)14(19)18-6-5-12(20-4)7-11(18)8-15;/h11-12H,5-8,15H2,1-4H3;1H. The Bertz CT molecular complexity index is 503. The molecule has 1 aromatic rings. The van der Waals surface area contributed by atoms with Crippen molar-refractivity contribution in [2.24, 2.45) is 12.8 Å². The highest BCUT2D eigenvalue weighted by molar-refractivity contribution is 5.96. The van der Waals surface area contributed by atoms with Crippen LogP contribution in [0.5, 0.6) is 0 Å². The third kappa shape index (κ3) is 3.39. The van der Waals surface area contributed by atoms with Crippen molar-refractivity contribution in [2.75, 3.05) is 20.2 Å². The lowest BCUT2D eigenvalue weighted by Gasteiger charge is -2.38. The number of carbonyl (C=O) groups is 1. The van der Waals surface area contributed by atoms with Crippen molar-refractivity contribution in [1.82, 2.24) is 14.7 Å². The van der Waals surface area contributed by atoms with Gasteiger partial charge in [0.25, 0.3) is 5.91 Å².